The van der Waals surface area contributed by atoms with Gasteiger partial charge in [0.25, 0.3) is 0 Å². The Bertz CT molecular complexity index is 902. The normalized spacial score (nSPS) is 11.9. The van der Waals surface area contributed by atoms with E-state index in [0.717, 1.165) is 11.3 Å². The lowest BCUT2D eigenvalue weighted by atomic mass is 10.2. The van der Waals surface area contributed by atoms with Crippen molar-refractivity contribution in [3.63, 3.8) is 0 Å². The molecule has 0 heterocycles. The van der Waals surface area contributed by atoms with Crippen LogP contribution >= 0.6 is 11.6 Å². The molecular formula is C19H25ClN4O3S. The van der Waals surface area contributed by atoms with Gasteiger partial charge in [0.15, 0.2) is 5.96 Å². The van der Waals surface area contributed by atoms with Crippen LogP contribution in [0.15, 0.2) is 58.4 Å². The van der Waals surface area contributed by atoms with Crippen molar-refractivity contribution in [2.24, 2.45) is 4.99 Å². The summed E-state index contributed by atoms with van der Waals surface area (Å²) < 4.78 is 31.9. The van der Waals surface area contributed by atoms with Gasteiger partial charge in [0.05, 0.1) is 11.4 Å². The van der Waals surface area contributed by atoms with Gasteiger partial charge in [-0.05, 0) is 49.0 Å². The molecule has 0 aliphatic heterocycles. The summed E-state index contributed by atoms with van der Waals surface area (Å²) in [6.45, 7) is 1.55. The minimum Gasteiger partial charge on any atom is -0.492 e. The monoisotopic (exact) mass is 424 g/mol. The van der Waals surface area contributed by atoms with Crippen molar-refractivity contribution < 1.29 is 13.2 Å². The molecule has 0 aliphatic rings. The van der Waals surface area contributed by atoms with E-state index in [1.54, 1.807) is 37.4 Å². The van der Waals surface area contributed by atoms with Crippen LogP contribution in [0.25, 0.3) is 0 Å². The zero-order valence-electron chi connectivity index (χ0n) is 16.1. The van der Waals surface area contributed by atoms with E-state index in [-0.39, 0.29) is 4.90 Å². The van der Waals surface area contributed by atoms with Crippen molar-refractivity contribution in [3.05, 3.63) is 59.1 Å². The van der Waals surface area contributed by atoms with Crippen molar-refractivity contribution in [2.75, 3.05) is 34.3 Å². The lowest BCUT2D eigenvalue weighted by Crippen LogP contribution is -2.40. The molecule has 2 aromatic carbocycles. The quantitative estimate of drug-likeness (QED) is 0.502. The molecule has 2 aromatic rings. The van der Waals surface area contributed by atoms with Gasteiger partial charge in [-0.2, -0.15) is 0 Å². The van der Waals surface area contributed by atoms with E-state index >= 15 is 0 Å². The van der Waals surface area contributed by atoms with E-state index in [9.17, 15) is 8.42 Å². The smallest absolute Gasteiger partial charge is 0.240 e. The molecule has 0 atom stereocenters. The fourth-order valence-corrected chi connectivity index (χ4v) is 3.37. The van der Waals surface area contributed by atoms with Gasteiger partial charge in [0.1, 0.15) is 12.4 Å². The summed E-state index contributed by atoms with van der Waals surface area (Å²) in [5.74, 6) is 1.44. The van der Waals surface area contributed by atoms with E-state index in [1.807, 2.05) is 30.1 Å². The highest BCUT2D eigenvalue weighted by Gasteiger charge is 2.12. The Morgan fingerprint density at radius 2 is 1.93 bits per heavy atom. The number of hydrogen-bond acceptors (Lipinski definition) is 4. The number of aliphatic imine (C=N–C) groups is 1. The van der Waals surface area contributed by atoms with Crippen LogP contribution in [-0.2, 0) is 16.6 Å². The summed E-state index contributed by atoms with van der Waals surface area (Å²) >= 11 is 5.86. The van der Waals surface area contributed by atoms with Crippen molar-refractivity contribution >= 4 is 27.6 Å². The molecule has 0 fully saturated rings. The number of rotatable bonds is 8. The highest BCUT2D eigenvalue weighted by Crippen LogP contribution is 2.15. The molecular weight excluding hydrogens is 400 g/mol. The second kappa shape index (κ2) is 10.3. The van der Waals surface area contributed by atoms with Crippen molar-refractivity contribution in [2.45, 2.75) is 11.4 Å². The third-order valence-electron chi connectivity index (χ3n) is 4.01. The average Bonchev–Trinajstić information content (AvgIpc) is 2.70. The molecule has 7 nitrogen and oxygen atoms in total. The highest BCUT2D eigenvalue weighted by molar-refractivity contribution is 7.89. The molecule has 0 saturated heterocycles. The number of nitrogens with zero attached hydrogens (tertiary/aromatic N) is 2. The highest BCUT2D eigenvalue weighted by atomic mass is 35.5. The third kappa shape index (κ3) is 6.40. The molecule has 28 heavy (non-hydrogen) atoms. The van der Waals surface area contributed by atoms with Crippen LogP contribution in [0, 0.1) is 0 Å². The summed E-state index contributed by atoms with van der Waals surface area (Å²) in [6, 6.07) is 14.0. The van der Waals surface area contributed by atoms with E-state index in [1.165, 1.54) is 7.05 Å². The van der Waals surface area contributed by atoms with Crippen LogP contribution in [0.2, 0.25) is 5.02 Å². The van der Waals surface area contributed by atoms with Crippen molar-refractivity contribution in [1.29, 1.82) is 0 Å². The van der Waals surface area contributed by atoms with Gasteiger partial charge in [0, 0.05) is 25.7 Å². The first-order valence-corrected chi connectivity index (χ1v) is 10.5. The number of halogens is 1. The Morgan fingerprint density at radius 3 is 2.57 bits per heavy atom. The molecule has 0 spiro atoms. The molecule has 9 heteroatoms. The summed E-state index contributed by atoms with van der Waals surface area (Å²) in [6.07, 6.45) is 0. The summed E-state index contributed by atoms with van der Waals surface area (Å²) in [7, 11) is 1.53. The molecule has 0 saturated carbocycles. The number of hydrogen-bond donors (Lipinski definition) is 2. The number of guanidine groups is 1. The van der Waals surface area contributed by atoms with Crippen LogP contribution < -0.4 is 14.8 Å². The lowest BCUT2D eigenvalue weighted by molar-refractivity contribution is 0.281. The molecule has 152 valence electrons. The first kappa shape index (κ1) is 22.0. The van der Waals surface area contributed by atoms with Gasteiger partial charge >= 0.3 is 0 Å². The first-order valence-electron chi connectivity index (χ1n) is 8.68. The predicted molar refractivity (Wildman–Crippen MR) is 112 cm³/mol. The maximum Gasteiger partial charge on any atom is 0.240 e. The molecule has 0 radical (unpaired) electrons. The number of benzene rings is 2. The first-order chi connectivity index (χ1) is 13.4. The number of nitrogens with one attached hydrogen (secondary N) is 2. The largest absolute Gasteiger partial charge is 0.492 e. The Kier molecular flexibility index (Phi) is 8.10. The van der Waals surface area contributed by atoms with Crippen LogP contribution in [-0.4, -0.2) is 53.6 Å². The Balaban J connectivity index is 1.88. The van der Waals surface area contributed by atoms with Gasteiger partial charge in [-0.1, -0.05) is 23.7 Å². The Hall–Kier alpha value is -2.29. The Labute approximate surface area is 171 Å². The standard InChI is InChI=1S/C19H25ClN4O3S/c1-21-19(24(3)11-12-27-17-9-7-16(20)8-10-17)23-14-15-5-4-6-18(13-15)28(25,26)22-2/h4-10,13,22H,11-12,14H2,1-3H3,(H,21,23). The maximum atomic E-state index is 11.9. The zero-order valence-corrected chi connectivity index (χ0v) is 17.7. The number of ether oxygens (including phenoxy) is 1. The predicted octanol–water partition coefficient (Wildman–Crippen LogP) is 2.33. The minimum atomic E-state index is -3.47. The van der Waals surface area contributed by atoms with Crippen LogP contribution in [0.5, 0.6) is 5.75 Å². The average molecular weight is 425 g/mol. The molecule has 0 aromatic heterocycles. The van der Waals surface area contributed by atoms with Gasteiger partial charge in [-0.25, -0.2) is 13.1 Å². The summed E-state index contributed by atoms with van der Waals surface area (Å²) in [4.78, 5) is 6.42. The van der Waals surface area contributed by atoms with E-state index in [0.29, 0.717) is 30.7 Å². The van der Waals surface area contributed by atoms with Gasteiger partial charge in [0.2, 0.25) is 10.0 Å². The van der Waals surface area contributed by atoms with Crippen LogP contribution in [0.3, 0.4) is 0 Å². The van der Waals surface area contributed by atoms with Gasteiger partial charge in [-0.3, -0.25) is 4.99 Å². The maximum absolute atomic E-state index is 11.9. The van der Waals surface area contributed by atoms with E-state index in [2.05, 4.69) is 15.0 Å². The zero-order chi connectivity index (χ0) is 20.6. The SMILES string of the molecule is CN=C(NCc1cccc(S(=O)(=O)NC)c1)N(C)CCOc1ccc(Cl)cc1. The molecule has 0 bridgehead atoms. The molecule has 0 unspecified atom stereocenters. The molecule has 0 amide bonds. The number of sulfonamides is 1. The topological polar surface area (TPSA) is 83.0 Å². The summed E-state index contributed by atoms with van der Waals surface area (Å²) in [5, 5.41) is 3.89. The fourth-order valence-electron chi connectivity index (χ4n) is 2.44. The summed E-state index contributed by atoms with van der Waals surface area (Å²) in [5.41, 5.74) is 0.836. The minimum absolute atomic E-state index is 0.231. The molecule has 0 aliphatic carbocycles. The number of likely N-dealkylation sites (N-methyl/N-ethyl adjacent to an activating group) is 1. The van der Waals surface area contributed by atoms with Crippen molar-refractivity contribution in [3.8, 4) is 5.75 Å². The van der Waals surface area contributed by atoms with E-state index in [4.69, 9.17) is 16.3 Å². The van der Waals surface area contributed by atoms with Crippen molar-refractivity contribution in [1.82, 2.24) is 14.9 Å². The molecule has 2 rings (SSSR count). The second-order valence-electron chi connectivity index (χ2n) is 5.98. The van der Waals surface area contributed by atoms with E-state index < -0.39 is 10.0 Å². The molecule has 2 N–H and O–H groups in total. The van der Waals surface area contributed by atoms with Crippen LogP contribution in [0.4, 0.5) is 0 Å². The third-order valence-corrected chi connectivity index (χ3v) is 5.67. The van der Waals surface area contributed by atoms with Crippen LogP contribution in [0.1, 0.15) is 5.56 Å². The Morgan fingerprint density at radius 1 is 1.21 bits per heavy atom. The fraction of sp³-hybridized carbons (Fsp3) is 0.316. The second-order valence-corrected chi connectivity index (χ2v) is 8.30. The van der Waals surface area contributed by atoms with Gasteiger partial charge in [-0.15, -0.1) is 0 Å². The van der Waals surface area contributed by atoms with Gasteiger partial charge < -0.3 is 15.0 Å². The lowest BCUT2D eigenvalue weighted by Gasteiger charge is -2.22.